The summed E-state index contributed by atoms with van der Waals surface area (Å²) < 4.78 is 68.1. The number of nitro groups is 1. The van der Waals surface area contributed by atoms with Gasteiger partial charge in [0.05, 0.1) is 20.4 Å². The topological polar surface area (TPSA) is 202 Å². The van der Waals surface area contributed by atoms with Gasteiger partial charge in [-0.05, 0) is 29.7 Å². The molecule has 12 nitrogen and oxygen atoms in total. The molecule has 0 saturated heterocycles. The van der Waals surface area contributed by atoms with Crippen LogP contribution in [0.25, 0.3) is 10.8 Å². The molecule has 156 valence electrons. The average Bonchev–Trinajstić information content (AvgIpc) is 2.65. The van der Waals surface area contributed by atoms with Crippen molar-refractivity contribution in [2.45, 2.75) is 9.79 Å². The Hall–Kier alpha value is -1.46. The Morgan fingerprint density at radius 2 is 1.53 bits per heavy atom. The number of hydrogen-bond donors (Lipinski definition) is 1. The summed E-state index contributed by atoms with van der Waals surface area (Å²) in [6.45, 7) is 0. The second-order valence-electron chi connectivity index (χ2n) is 5.84. The Morgan fingerprint density at radius 3 is 2.09 bits per heavy atom. The fourth-order valence-electron chi connectivity index (χ4n) is 2.55. The summed E-state index contributed by atoms with van der Waals surface area (Å²) in [6, 6.07) is 8.40. The first-order valence-corrected chi connectivity index (χ1v) is 10.6. The largest absolute Gasteiger partial charge is 1.00 e. The van der Waals surface area contributed by atoms with E-state index in [0.29, 0.717) is 6.07 Å². The zero-order chi connectivity index (χ0) is 22.3. The number of fused-ring (bicyclic) bond motifs is 1. The monoisotopic (exact) mass is 497 g/mol. The van der Waals surface area contributed by atoms with Crippen molar-refractivity contribution in [2.75, 3.05) is 0 Å². The summed E-state index contributed by atoms with van der Waals surface area (Å²) in [4.78, 5) is 8.36. The molecule has 0 saturated carbocycles. The molecule has 0 aliphatic heterocycles. The van der Waals surface area contributed by atoms with Gasteiger partial charge in [0.15, 0.2) is 5.75 Å². The van der Waals surface area contributed by atoms with E-state index in [2.05, 4.69) is 10.2 Å². The SMILES string of the molecule is O=[N+]([O-])c1cccc(N=Nc2c(O)c(S(=O)(=O)[O-])cc3cc(S(=O)(=O)[O-])ccc23)c1.[Na+].[Na+]. The van der Waals surface area contributed by atoms with Gasteiger partial charge < -0.3 is 14.2 Å². The minimum absolute atomic E-state index is 0. The zero-order valence-corrected chi connectivity index (χ0v) is 22.1. The van der Waals surface area contributed by atoms with Crippen LogP contribution in [0.2, 0.25) is 0 Å². The van der Waals surface area contributed by atoms with Crippen molar-refractivity contribution in [1.29, 1.82) is 0 Å². The van der Waals surface area contributed by atoms with Crippen molar-refractivity contribution < 1.29 is 95.1 Å². The first-order valence-electron chi connectivity index (χ1n) is 7.75. The number of benzene rings is 3. The summed E-state index contributed by atoms with van der Waals surface area (Å²) in [6.07, 6.45) is 0. The molecule has 0 atom stereocenters. The number of nitro benzene ring substituents is 1. The summed E-state index contributed by atoms with van der Waals surface area (Å²) in [7, 11) is -10.1. The summed E-state index contributed by atoms with van der Waals surface area (Å²) >= 11 is 0. The first kappa shape index (κ1) is 28.6. The number of hydrogen-bond acceptors (Lipinski definition) is 11. The molecule has 0 radical (unpaired) electrons. The maximum Gasteiger partial charge on any atom is 1.00 e. The summed E-state index contributed by atoms with van der Waals surface area (Å²) in [5.41, 5.74) is -0.837. The Bertz CT molecular complexity index is 1440. The number of aromatic hydroxyl groups is 1. The molecular weight excluding hydrogens is 488 g/mol. The number of rotatable bonds is 5. The van der Waals surface area contributed by atoms with Gasteiger partial charge in [0, 0.05) is 17.5 Å². The van der Waals surface area contributed by atoms with Crippen LogP contribution in [-0.4, -0.2) is 36.0 Å². The van der Waals surface area contributed by atoms with Gasteiger partial charge in [-0.3, -0.25) is 10.1 Å². The molecule has 0 aliphatic carbocycles. The molecular formula is C16H9N3Na2O9S2. The van der Waals surface area contributed by atoms with E-state index in [0.717, 1.165) is 24.3 Å². The molecule has 32 heavy (non-hydrogen) atoms. The molecule has 0 fully saturated rings. The van der Waals surface area contributed by atoms with Crippen LogP contribution >= 0.6 is 0 Å². The molecule has 0 aromatic heterocycles. The molecule has 0 unspecified atom stereocenters. The maximum absolute atomic E-state index is 11.5. The van der Waals surface area contributed by atoms with Crippen molar-refractivity contribution in [3.63, 3.8) is 0 Å². The third-order valence-corrected chi connectivity index (χ3v) is 5.57. The van der Waals surface area contributed by atoms with Gasteiger partial charge in [-0.1, -0.05) is 12.1 Å². The smallest absolute Gasteiger partial charge is 0.744 e. The molecule has 0 spiro atoms. The van der Waals surface area contributed by atoms with Gasteiger partial charge in [0.1, 0.15) is 25.9 Å². The number of nitrogens with zero attached hydrogens (tertiary/aromatic N) is 3. The molecule has 0 amide bonds. The maximum atomic E-state index is 11.5. The second-order valence-corrected chi connectivity index (χ2v) is 8.57. The van der Waals surface area contributed by atoms with Crippen LogP contribution < -0.4 is 59.1 Å². The number of phenolic OH excluding ortho intramolecular Hbond substituents is 1. The molecule has 0 heterocycles. The van der Waals surface area contributed by atoms with E-state index in [-0.39, 0.29) is 81.3 Å². The van der Waals surface area contributed by atoms with E-state index in [4.69, 9.17) is 0 Å². The van der Waals surface area contributed by atoms with Gasteiger partial charge >= 0.3 is 59.1 Å². The van der Waals surface area contributed by atoms with Crippen LogP contribution in [0.15, 0.2) is 68.6 Å². The molecule has 3 aromatic rings. The van der Waals surface area contributed by atoms with E-state index >= 15 is 0 Å². The standard InChI is InChI=1S/C16H11N3O9S2.2Na/c20-16-14(30(26,27)28)7-9-6-12(29(23,24)25)4-5-13(9)15(16)18-17-10-2-1-3-11(8-10)19(21)22;;/h1-8,20H,(H,23,24,25)(H,26,27,28);;/q;2*+1/p-2. The quantitative estimate of drug-likeness (QED) is 0.123. The average molecular weight is 497 g/mol. The van der Waals surface area contributed by atoms with Crippen molar-refractivity contribution in [1.82, 2.24) is 0 Å². The van der Waals surface area contributed by atoms with Gasteiger partial charge in [-0.15, -0.1) is 5.11 Å². The Morgan fingerprint density at radius 1 is 0.875 bits per heavy atom. The van der Waals surface area contributed by atoms with Gasteiger partial charge in [0.25, 0.3) is 5.69 Å². The Labute approximate surface area is 225 Å². The number of non-ortho nitro benzene ring substituents is 1. The number of phenols is 1. The van der Waals surface area contributed by atoms with Crippen molar-refractivity contribution in [3.05, 3.63) is 58.6 Å². The molecule has 0 aliphatic rings. The third-order valence-electron chi connectivity index (χ3n) is 3.89. The normalized spacial score (nSPS) is 11.7. The molecule has 0 bridgehead atoms. The summed E-state index contributed by atoms with van der Waals surface area (Å²) in [5, 5.41) is 28.3. The van der Waals surface area contributed by atoms with Crippen molar-refractivity contribution >= 4 is 48.1 Å². The second kappa shape index (κ2) is 10.6. The third kappa shape index (κ3) is 6.32. The van der Waals surface area contributed by atoms with Crippen LogP contribution in [0, 0.1) is 10.1 Å². The van der Waals surface area contributed by atoms with Gasteiger partial charge in [-0.2, -0.15) is 5.11 Å². The minimum atomic E-state index is -5.22. The van der Waals surface area contributed by atoms with Crippen LogP contribution in [0.3, 0.4) is 0 Å². The van der Waals surface area contributed by atoms with Crippen LogP contribution in [0.1, 0.15) is 0 Å². The summed E-state index contributed by atoms with van der Waals surface area (Å²) in [5.74, 6) is -1.05. The minimum Gasteiger partial charge on any atom is -0.744 e. The van der Waals surface area contributed by atoms with E-state index < -0.39 is 46.4 Å². The van der Waals surface area contributed by atoms with Gasteiger partial charge in [0.2, 0.25) is 0 Å². The van der Waals surface area contributed by atoms with Crippen LogP contribution in [0.5, 0.6) is 5.75 Å². The predicted octanol–water partition coefficient (Wildman–Crippen LogP) is -3.31. The molecule has 3 rings (SSSR count). The van der Waals surface area contributed by atoms with Crippen LogP contribution in [0.4, 0.5) is 17.1 Å². The van der Waals surface area contributed by atoms with E-state index in [9.17, 15) is 41.2 Å². The van der Waals surface area contributed by atoms with E-state index in [1.807, 2.05) is 0 Å². The fraction of sp³-hybridized carbons (Fsp3) is 0. The molecule has 3 aromatic carbocycles. The first-order chi connectivity index (χ1) is 13.9. The van der Waals surface area contributed by atoms with Crippen molar-refractivity contribution in [3.8, 4) is 5.75 Å². The Balaban J connectivity index is 0.00000256. The predicted molar refractivity (Wildman–Crippen MR) is 98.8 cm³/mol. The van der Waals surface area contributed by atoms with Crippen LogP contribution in [-0.2, 0) is 20.2 Å². The molecule has 16 heteroatoms. The Kier molecular flexibility index (Phi) is 9.51. The van der Waals surface area contributed by atoms with Gasteiger partial charge in [-0.25, -0.2) is 16.8 Å². The fourth-order valence-corrected chi connectivity index (χ4v) is 3.66. The zero-order valence-electron chi connectivity index (χ0n) is 16.5. The molecule has 1 N–H and O–H groups in total. The van der Waals surface area contributed by atoms with E-state index in [1.54, 1.807) is 0 Å². The number of azo groups is 1. The van der Waals surface area contributed by atoms with E-state index in [1.165, 1.54) is 18.2 Å². The van der Waals surface area contributed by atoms with Crippen molar-refractivity contribution in [2.24, 2.45) is 10.2 Å².